The molecule has 0 spiro atoms. The van der Waals surface area contributed by atoms with Crippen LogP contribution in [-0.2, 0) is 4.79 Å². The lowest BCUT2D eigenvalue weighted by atomic mass is 10.1. The topological polar surface area (TPSA) is 61.4 Å². The third-order valence-electron chi connectivity index (χ3n) is 3.71. The summed E-state index contributed by atoms with van der Waals surface area (Å²) in [5, 5.41) is 5.77. The van der Waals surface area contributed by atoms with Crippen LogP contribution in [0.5, 0.6) is 0 Å². The number of rotatable bonds is 4. The summed E-state index contributed by atoms with van der Waals surface area (Å²) in [5.41, 5.74) is 0.427. The van der Waals surface area contributed by atoms with Crippen molar-refractivity contribution in [1.29, 1.82) is 0 Å². The summed E-state index contributed by atoms with van der Waals surface area (Å²) < 4.78 is 14.2. The largest absolute Gasteiger partial charge is 0.337 e. The van der Waals surface area contributed by atoms with Gasteiger partial charge in [-0.2, -0.15) is 0 Å². The molecule has 0 unspecified atom stereocenters. The van der Waals surface area contributed by atoms with Crippen LogP contribution in [0.3, 0.4) is 0 Å². The van der Waals surface area contributed by atoms with Gasteiger partial charge in [-0.15, -0.1) is 12.4 Å². The Kier molecular flexibility index (Phi) is 8.15. The zero-order valence-electron chi connectivity index (χ0n) is 14.1. The number of benzene rings is 1. The van der Waals surface area contributed by atoms with Crippen LogP contribution in [0.4, 0.5) is 10.1 Å². The number of hydrogen-bond acceptors (Lipinski definition) is 3. The summed E-state index contributed by atoms with van der Waals surface area (Å²) in [6.07, 6.45) is 1.22. The smallest absolute Gasteiger partial charge is 0.254 e. The van der Waals surface area contributed by atoms with Crippen LogP contribution in [0.1, 0.15) is 37.0 Å². The fraction of sp³-hybridized carbons (Fsp3) is 0.529. The van der Waals surface area contributed by atoms with Gasteiger partial charge < -0.3 is 15.5 Å². The summed E-state index contributed by atoms with van der Waals surface area (Å²) in [6.45, 7) is 6.77. The van der Waals surface area contributed by atoms with Gasteiger partial charge in [-0.1, -0.05) is 13.8 Å². The number of halogens is 2. The fourth-order valence-electron chi connectivity index (χ4n) is 2.55. The maximum Gasteiger partial charge on any atom is 0.254 e. The molecule has 1 fully saturated rings. The molecule has 0 radical (unpaired) electrons. The second-order valence-electron chi connectivity index (χ2n) is 6.24. The molecule has 1 aromatic carbocycles. The highest BCUT2D eigenvalue weighted by atomic mass is 35.5. The van der Waals surface area contributed by atoms with E-state index in [0.717, 1.165) is 19.5 Å². The third-order valence-corrected chi connectivity index (χ3v) is 3.71. The number of carbonyl (C=O) groups is 2. The Hall–Kier alpha value is -1.66. The summed E-state index contributed by atoms with van der Waals surface area (Å²) in [7, 11) is 0. The van der Waals surface area contributed by atoms with Crippen molar-refractivity contribution >= 4 is 29.9 Å². The molecule has 0 aromatic heterocycles. The minimum atomic E-state index is -0.582. The molecule has 1 aliphatic rings. The molecule has 1 heterocycles. The minimum absolute atomic E-state index is 0. The Labute approximate surface area is 148 Å². The molecule has 0 atom stereocenters. The van der Waals surface area contributed by atoms with Gasteiger partial charge in [0.2, 0.25) is 5.91 Å². The molecular weight excluding hydrogens is 333 g/mol. The number of anilines is 1. The van der Waals surface area contributed by atoms with Crippen LogP contribution in [0.15, 0.2) is 18.2 Å². The van der Waals surface area contributed by atoms with Gasteiger partial charge in [-0.05, 0) is 37.1 Å². The molecule has 0 saturated carbocycles. The first kappa shape index (κ1) is 20.4. The van der Waals surface area contributed by atoms with E-state index >= 15 is 0 Å². The van der Waals surface area contributed by atoms with E-state index in [-0.39, 0.29) is 35.8 Å². The molecule has 7 heteroatoms. The molecular formula is C17H25ClFN3O2. The van der Waals surface area contributed by atoms with E-state index in [0.29, 0.717) is 25.1 Å². The number of amides is 2. The molecule has 0 bridgehead atoms. The van der Waals surface area contributed by atoms with Gasteiger partial charge in [0, 0.05) is 31.6 Å². The van der Waals surface area contributed by atoms with Crippen LogP contribution >= 0.6 is 12.4 Å². The van der Waals surface area contributed by atoms with Crippen molar-refractivity contribution in [2.75, 3.05) is 31.5 Å². The van der Waals surface area contributed by atoms with Crippen molar-refractivity contribution < 1.29 is 14.0 Å². The minimum Gasteiger partial charge on any atom is -0.337 e. The quantitative estimate of drug-likeness (QED) is 0.870. The Balaban J connectivity index is 0.00000288. The van der Waals surface area contributed by atoms with Gasteiger partial charge in [0.05, 0.1) is 5.69 Å². The van der Waals surface area contributed by atoms with Crippen molar-refractivity contribution in [3.8, 4) is 0 Å². The number of nitrogens with zero attached hydrogens (tertiary/aromatic N) is 1. The number of carbonyl (C=O) groups excluding carboxylic acids is 2. The summed E-state index contributed by atoms with van der Waals surface area (Å²) >= 11 is 0. The Morgan fingerprint density at radius 1 is 1.29 bits per heavy atom. The first-order chi connectivity index (χ1) is 11.0. The molecule has 0 aliphatic carbocycles. The summed E-state index contributed by atoms with van der Waals surface area (Å²) in [5.74, 6) is -0.777. The summed E-state index contributed by atoms with van der Waals surface area (Å²) in [4.78, 5) is 25.9. The molecule has 1 aromatic rings. The van der Waals surface area contributed by atoms with Crippen LogP contribution in [0.25, 0.3) is 0 Å². The first-order valence-electron chi connectivity index (χ1n) is 8.06. The van der Waals surface area contributed by atoms with Crippen molar-refractivity contribution in [3.63, 3.8) is 0 Å². The second-order valence-corrected chi connectivity index (χ2v) is 6.24. The number of hydrogen-bond donors (Lipinski definition) is 2. The maximum atomic E-state index is 14.2. The SMILES string of the molecule is CC(C)CC(=O)Nc1ccc(C(=O)N2CCCNCC2)cc1F.Cl. The highest BCUT2D eigenvalue weighted by Gasteiger charge is 2.18. The van der Waals surface area contributed by atoms with Crippen molar-refractivity contribution in [1.82, 2.24) is 10.2 Å². The molecule has 24 heavy (non-hydrogen) atoms. The van der Waals surface area contributed by atoms with Gasteiger partial charge in [0.15, 0.2) is 0 Å². The molecule has 2 rings (SSSR count). The van der Waals surface area contributed by atoms with Crippen LogP contribution in [0.2, 0.25) is 0 Å². The lowest BCUT2D eigenvalue weighted by Crippen LogP contribution is -2.34. The molecule has 134 valence electrons. The molecule has 1 saturated heterocycles. The van der Waals surface area contributed by atoms with E-state index in [9.17, 15) is 14.0 Å². The number of nitrogens with one attached hydrogen (secondary N) is 2. The predicted molar refractivity (Wildman–Crippen MR) is 95.1 cm³/mol. The third kappa shape index (κ3) is 5.76. The normalized spacial score (nSPS) is 14.8. The van der Waals surface area contributed by atoms with Gasteiger partial charge in [0.1, 0.15) is 5.82 Å². The Morgan fingerprint density at radius 3 is 2.71 bits per heavy atom. The monoisotopic (exact) mass is 357 g/mol. The van der Waals surface area contributed by atoms with E-state index in [4.69, 9.17) is 0 Å². The standard InChI is InChI=1S/C17H24FN3O2.ClH/c1-12(2)10-16(22)20-15-5-4-13(11-14(15)18)17(23)21-8-3-6-19-7-9-21;/h4-5,11-12,19H,3,6-10H2,1-2H3,(H,20,22);1H. The summed E-state index contributed by atoms with van der Waals surface area (Å²) in [6, 6.07) is 4.22. The van der Waals surface area contributed by atoms with Crippen LogP contribution in [-0.4, -0.2) is 42.9 Å². The zero-order valence-corrected chi connectivity index (χ0v) is 14.9. The lowest BCUT2D eigenvalue weighted by Gasteiger charge is -2.20. The van der Waals surface area contributed by atoms with E-state index in [1.54, 1.807) is 11.0 Å². The van der Waals surface area contributed by atoms with Crippen molar-refractivity contribution in [3.05, 3.63) is 29.6 Å². The Bertz CT molecular complexity index is 573. The molecule has 5 nitrogen and oxygen atoms in total. The highest BCUT2D eigenvalue weighted by molar-refractivity contribution is 5.96. The predicted octanol–water partition coefficient (Wildman–Crippen LogP) is 2.67. The van der Waals surface area contributed by atoms with E-state index in [1.165, 1.54) is 12.1 Å². The van der Waals surface area contributed by atoms with Gasteiger partial charge in [0.25, 0.3) is 5.91 Å². The average molecular weight is 358 g/mol. The molecule has 2 amide bonds. The lowest BCUT2D eigenvalue weighted by molar-refractivity contribution is -0.116. The van der Waals surface area contributed by atoms with Gasteiger partial charge in [-0.3, -0.25) is 9.59 Å². The van der Waals surface area contributed by atoms with Gasteiger partial charge in [-0.25, -0.2) is 4.39 Å². The van der Waals surface area contributed by atoms with E-state index in [2.05, 4.69) is 10.6 Å². The van der Waals surface area contributed by atoms with Gasteiger partial charge >= 0.3 is 0 Å². The fourth-order valence-corrected chi connectivity index (χ4v) is 2.55. The maximum absolute atomic E-state index is 14.2. The highest BCUT2D eigenvalue weighted by Crippen LogP contribution is 2.18. The van der Waals surface area contributed by atoms with Crippen LogP contribution in [0, 0.1) is 11.7 Å². The Morgan fingerprint density at radius 2 is 2.04 bits per heavy atom. The molecule has 1 aliphatic heterocycles. The zero-order chi connectivity index (χ0) is 16.8. The average Bonchev–Trinajstić information content (AvgIpc) is 2.77. The molecule has 2 N–H and O–H groups in total. The van der Waals surface area contributed by atoms with Crippen molar-refractivity contribution in [2.24, 2.45) is 5.92 Å². The van der Waals surface area contributed by atoms with E-state index in [1.807, 2.05) is 13.8 Å². The van der Waals surface area contributed by atoms with E-state index < -0.39 is 5.82 Å². The second kappa shape index (κ2) is 9.59. The van der Waals surface area contributed by atoms with Crippen LogP contribution < -0.4 is 10.6 Å². The first-order valence-corrected chi connectivity index (χ1v) is 8.06. The van der Waals surface area contributed by atoms with Crippen molar-refractivity contribution in [2.45, 2.75) is 26.7 Å².